The van der Waals surface area contributed by atoms with E-state index in [0.717, 1.165) is 18.5 Å². The summed E-state index contributed by atoms with van der Waals surface area (Å²) in [6.45, 7) is 6.90. The second-order valence-electron chi connectivity index (χ2n) is 4.49. The predicted octanol–water partition coefficient (Wildman–Crippen LogP) is 3.32. The minimum absolute atomic E-state index is 0.0316. The summed E-state index contributed by atoms with van der Waals surface area (Å²) in [7, 11) is 0. The second kappa shape index (κ2) is 7.52. The van der Waals surface area contributed by atoms with Crippen molar-refractivity contribution in [1.82, 2.24) is 10.3 Å². The van der Waals surface area contributed by atoms with Crippen LogP contribution in [-0.2, 0) is 0 Å². The lowest BCUT2D eigenvalue weighted by Crippen LogP contribution is -2.32. The number of alkyl halides is 1. The summed E-state index contributed by atoms with van der Waals surface area (Å²) in [5, 5.41) is 2.96. The molecule has 3 nitrogen and oxygen atoms in total. The number of halogens is 1. The van der Waals surface area contributed by atoms with Crippen LogP contribution in [0.1, 0.15) is 42.7 Å². The molecule has 4 heteroatoms. The van der Waals surface area contributed by atoms with E-state index in [1.54, 1.807) is 18.3 Å². The minimum atomic E-state index is -0.0316. The van der Waals surface area contributed by atoms with E-state index < -0.39 is 0 Å². The lowest BCUT2D eigenvalue weighted by Gasteiger charge is -2.19. The highest BCUT2D eigenvalue weighted by Gasteiger charge is 2.16. The third kappa shape index (κ3) is 4.41. The molecule has 0 saturated carbocycles. The van der Waals surface area contributed by atoms with Crippen molar-refractivity contribution in [3.8, 4) is 0 Å². The van der Waals surface area contributed by atoms with Crippen LogP contribution in [0, 0.1) is 12.8 Å². The van der Waals surface area contributed by atoms with Crippen molar-refractivity contribution in [2.75, 3.05) is 6.54 Å². The van der Waals surface area contributed by atoms with E-state index in [1.807, 2.05) is 6.92 Å². The van der Waals surface area contributed by atoms with E-state index in [4.69, 9.17) is 0 Å². The Hall–Kier alpha value is -0.900. The largest absolute Gasteiger partial charge is 0.351 e. The molecule has 0 spiro atoms. The van der Waals surface area contributed by atoms with Crippen LogP contribution in [0.5, 0.6) is 0 Å². The summed E-state index contributed by atoms with van der Waals surface area (Å²) in [4.78, 5) is 16.4. The Morgan fingerprint density at radius 2 is 2.11 bits per heavy atom. The van der Waals surface area contributed by atoms with Crippen LogP contribution in [-0.4, -0.2) is 22.3 Å². The average Bonchev–Trinajstić information content (AvgIpc) is 2.37. The topological polar surface area (TPSA) is 42.0 Å². The molecule has 0 aromatic carbocycles. The number of aryl methyl sites for hydroxylation is 1. The zero-order chi connectivity index (χ0) is 13.5. The monoisotopic (exact) mass is 312 g/mol. The third-order valence-electron chi connectivity index (χ3n) is 3.18. The molecular weight excluding hydrogens is 292 g/mol. The second-order valence-corrected chi connectivity index (χ2v) is 5.66. The number of carbonyl (C=O) groups is 1. The van der Waals surface area contributed by atoms with E-state index in [0.29, 0.717) is 22.9 Å². The Morgan fingerprint density at radius 1 is 1.44 bits per heavy atom. The van der Waals surface area contributed by atoms with Gasteiger partial charge in [0.1, 0.15) is 0 Å². The molecule has 18 heavy (non-hydrogen) atoms. The molecule has 0 saturated heterocycles. The molecule has 1 heterocycles. The van der Waals surface area contributed by atoms with Crippen molar-refractivity contribution in [3.05, 3.63) is 29.6 Å². The number of pyridine rings is 1. The SMILES string of the molecule is CCC(CC)C(Br)CNC(=O)c1ccnc(C)c1. The summed E-state index contributed by atoms with van der Waals surface area (Å²) >= 11 is 3.65. The van der Waals surface area contributed by atoms with Gasteiger partial charge in [0, 0.05) is 28.8 Å². The molecule has 0 aliphatic rings. The first-order valence-corrected chi connectivity index (χ1v) is 7.35. The summed E-state index contributed by atoms with van der Waals surface area (Å²) < 4.78 is 0. The Kier molecular flexibility index (Phi) is 6.33. The molecule has 0 aliphatic heterocycles. The molecule has 100 valence electrons. The quantitative estimate of drug-likeness (QED) is 0.819. The number of nitrogens with zero attached hydrogens (tertiary/aromatic N) is 1. The van der Waals surface area contributed by atoms with Crippen LogP contribution in [0.15, 0.2) is 18.3 Å². The van der Waals surface area contributed by atoms with Gasteiger partial charge in [-0.3, -0.25) is 9.78 Å². The number of nitrogens with one attached hydrogen (secondary N) is 1. The Morgan fingerprint density at radius 3 is 2.67 bits per heavy atom. The highest BCUT2D eigenvalue weighted by Crippen LogP contribution is 2.19. The smallest absolute Gasteiger partial charge is 0.251 e. The van der Waals surface area contributed by atoms with Crippen molar-refractivity contribution < 1.29 is 4.79 Å². The van der Waals surface area contributed by atoms with Gasteiger partial charge in [-0.15, -0.1) is 0 Å². The van der Waals surface area contributed by atoms with Crippen molar-refractivity contribution in [1.29, 1.82) is 0 Å². The first-order chi connectivity index (χ1) is 8.58. The average molecular weight is 313 g/mol. The summed E-state index contributed by atoms with van der Waals surface area (Å²) in [5.41, 5.74) is 1.53. The van der Waals surface area contributed by atoms with Gasteiger partial charge in [-0.2, -0.15) is 0 Å². The molecular formula is C14H21BrN2O. The lowest BCUT2D eigenvalue weighted by atomic mass is 9.99. The molecule has 1 rings (SSSR count). The van der Waals surface area contributed by atoms with E-state index in [2.05, 4.69) is 40.1 Å². The summed E-state index contributed by atoms with van der Waals surface area (Å²) in [6.07, 6.45) is 3.91. The fourth-order valence-electron chi connectivity index (χ4n) is 1.95. The first kappa shape index (κ1) is 15.2. The first-order valence-electron chi connectivity index (χ1n) is 6.43. The number of amides is 1. The number of rotatable bonds is 6. The van der Waals surface area contributed by atoms with Crippen molar-refractivity contribution in [3.63, 3.8) is 0 Å². The van der Waals surface area contributed by atoms with Gasteiger partial charge in [0.25, 0.3) is 5.91 Å². The third-order valence-corrected chi connectivity index (χ3v) is 4.25. The lowest BCUT2D eigenvalue weighted by molar-refractivity contribution is 0.0952. The zero-order valence-electron chi connectivity index (χ0n) is 11.2. The van der Waals surface area contributed by atoms with Crippen molar-refractivity contribution >= 4 is 21.8 Å². The van der Waals surface area contributed by atoms with Gasteiger partial charge in [0.2, 0.25) is 0 Å². The van der Waals surface area contributed by atoms with Crippen LogP contribution < -0.4 is 5.32 Å². The minimum Gasteiger partial charge on any atom is -0.351 e. The Balaban J connectivity index is 2.51. The highest BCUT2D eigenvalue weighted by molar-refractivity contribution is 9.09. The molecule has 1 unspecified atom stereocenters. The Labute approximate surface area is 118 Å². The van der Waals surface area contributed by atoms with Crippen LogP contribution in [0.25, 0.3) is 0 Å². The zero-order valence-corrected chi connectivity index (χ0v) is 12.8. The predicted molar refractivity (Wildman–Crippen MR) is 78.1 cm³/mol. The van der Waals surface area contributed by atoms with Crippen molar-refractivity contribution in [2.24, 2.45) is 5.92 Å². The molecule has 0 radical (unpaired) electrons. The van der Waals surface area contributed by atoms with Gasteiger partial charge < -0.3 is 5.32 Å². The normalized spacial score (nSPS) is 12.5. The maximum atomic E-state index is 11.9. The molecule has 1 aromatic rings. The van der Waals surface area contributed by atoms with E-state index >= 15 is 0 Å². The maximum Gasteiger partial charge on any atom is 0.251 e. The van der Waals surface area contributed by atoms with Gasteiger partial charge in [-0.1, -0.05) is 42.6 Å². The van der Waals surface area contributed by atoms with Crippen LogP contribution in [0.2, 0.25) is 0 Å². The standard InChI is InChI=1S/C14H21BrN2O/c1-4-11(5-2)13(15)9-17-14(18)12-6-7-16-10(3)8-12/h6-8,11,13H,4-5,9H2,1-3H3,(H,17,18). The van der Waals surface area contributed by atoms with E-state index in [1.165, 1.54) is 0 Å². The summed E-state index contributed by atoms with van der Waals surface area (Å²) in [6, 6.07) is 3.54. The molecule has 0 aliphatic carbocycles. The maximum absolute atomic E-state index is 11.9. The number of hydrogen-bond donors (Lipinski definition) is 1. The van der Waals surface area contributed by atoms with Gasteiger partial charge >= 0.3 is 0 Å². The molecule has 0 bridgehead atoms. The fourth-order valence-corrected chi connectivity index (χ4v) is 2.86. The van der Waals surface area contributed by atoms with E-state index in [-0.39, 0.29) is 5.91 Å². The van der Waals surface area contributed by atoms with E-state index in [9.17, 15) is 4.79 Å². The molecule has 0 fully saturated rings. The van der Waals surface area contributed by atoms with Gasteiger partial charge in [-0.25, -0.2) is 0 Å². The van der Waals surface area contributed by atoms with Gasteiger partial charge in [-0.05, 0) is 25.0 Å². The van der Waals surface area contributed by atoms with Crippen LogP contribution in [0.3, 0.4) is 0 Å². The van der Waals surface area contributed by atoms with Crippen LogP contribution >= 0.6 is 15.9 Å². The van der Waals surface area contributed by atoms with Crippen LogP contribution in [0.4, 0.5) is 0 Å². The van der Waals surface area contributed by atoms with Gasteiger partial charge in [0.15, 0.2) is 0 Å². The fraction of sp³-hybridized carbons (Fsp3) is 0.571. The number of hydrogen-bond acceptors (Lipinski definition) is 2. The van der Waals surface area contributed by atoms with Crippen molar-refractivity contribution in [2.45, 2.75) is 38.4 Å². The summed E-state index contributed by atoms with van der Waals surface area (Å²) in [5.74, 6) is 0.570. The number of aromatic nitrogens is 1. The molecule has 1 aromatic heterocycles. The molecule has 1 amide bonds. The molecule has 1 atom stereocenters. The Bertz CT molecular complexity index is 391. The molecule has 1 N–H and O–H groups in total. The van der Waals surface area contributed by atoms with Gasteiger partial charge in [0.05, 0.1) is 0 Å². The number of carbonyl (C=O) groups excluding carboxylic acids is 1. The highest BCUT2D eigenvalue weighted by atomic mass is 79.9.